The first-order valence-electron chi connectivity index (χ1n) is 9.51. The molecule has 0 saturated heterocycles. The van der Waals surface area contributed by atoms with Crippen LogP contribution in [-0.2, 0) is 15.0 Å². The smallest absolute Gasteiger partial charge is 0.299 e. The second-order valence-corrected chi connectivity index (χ2v) is 7.19. The molecule has 0 aliphatic carbocycles. The summed E-state index contributed by atoms with van der Waals surface area (Å²) < 4.78 is 53.9. The third kappa shape index (κ3) is 4.90. The third-order valence-electron chi connectivity index (χ3n) is 4.81. The number of amides is 1. The number of anilines is 1. The van der Waals surface area contributed by atoms with Crippen LogP contribution in [0.2, 0.25) is 0 Å². The molecule has 168 valence electrons. The van der Waals surface area contributed by atoms with Gasteiger partial charge < -0.3 is 20.5 Å². The first-order chi connectivity index (χ1) is 15.2. The number of nitrogens with zero attached hydrogens (tertiary/aromatic N) is 2. The standard InChI is InChI=1S/C22H21F3N4O3/c1-21(22(24,25)13-32-12-19(26)29-21)16-10-15(6-7-17(16)23)28-20(30)18-8-5-14(11-27-18)4-3-9-31-2/h5-8,10-11H,9,12-13H2,1-2H3,(H2,26,29)(H,28,30)/t21-/m1/s1. The van der Waals surface area contributed by atoms with Crippen LogP contribution in [0.5, 0.6) is 0 Å². The molecule has 10 heteroatoms. The molecule has 0 spiro atoms. The summed E-state index contributed by atoms with van der Waals surface area (Å²) in [5.41, 5.74) is 3.64. The van der Waals surface area contributed by atoms with Crippen molar-refractivity contribution in [2.45, 2.75) is 18.4 Å². The maximum atomic E-state index is 14.8. The van der Waals surface area contributed by atoms with Crippen LogP contribution < -0.4 is 11.1 Å². The van der Waals surface area contributed by atoms with Crippen molar-refractivity contribution >= 4 is 17.4 Å². The van der Waals surface area contributed by atoms with Crippen molar-refractivity contribution in [2.24, 2.45) is 10.7 Å². The van der Waals surface area contributed by atoms with Gasteiger partial charge in [0, 0.05) is 30.1 Å². The topological polar surface area (TPSA) is 98.8 Å². The molecule has 1 aliphatic heterocycles. The van der Waals surface area contributed by atoms with Gasteiger partial charge in [-0.05, 0) is 37.3 Å². The molecule has 2 aromatic rings. The van der Waals surface area contributed by atoms with Gasteiger partial charge in [-0.1, -0.05) is 11.8 Å². The van der Waals surface area contributed by atoms with Gasteiger partial charge in [-0.2, -0.15) is 0 Å². The SMILES string of the molecule is COCC#Cc1ccc(C(=O)Nc2ccc(F)c([C@@]3(C)N=C(N)COCC3(F)F)c2)nc1. The fourth-order valence-corrected chi connectivity index (χ4v) is 3.07. The normalized spacial score (nSPS) is 19.8. The van der Waals surface area contributed by atoms with Crippen molar-refractivity contribution in [2.75, 3.05) is 32.2 Å². The van der Waals surface area contributed by atoms with Crippen LogP contribution in [0.3, 0.4) is 0 Å². The number of aliphatic imine (C=N–C) groups is 1. The predicted molar refractivity (Wildman–Crippen MR) is 112 cm³/mol. The second-order valence-electron chi connectivity index (χ2n) is 7.19. The molecule has 1 aromatic carbocycles. The van der Waals surface area contributed by atoms with Gasteiger partial charge in [-0.3, -0.25) is 9.79 Å². The van der Waals surface area contributed by atoms with E-state index in [1.54, 1.807) is 6.07 Å². The molecule has 1 amide bonds. The summed E-state index contributed by atoms with van der Waals surface area (Å²) in [6, 6.07) is 6.40. The maximum absolute atomic E-state index is 14.8. The van der Waals surface area contributed by atoms with Gasteiger partial charge in [0.2, 0.25) is 0 Å². The molecule has 3 rings (SSSR count). The molecule has 3 N–H and O–H groups in total. The highest BCUT2D eigenvalue weighted by molar-refractivity contribution is 6.02. The minimum Gasteiger partial charge on any atom is -0.385 e. The van der Waals surface area contributed by atoms with Gasteiger partial charge >= 0.3 is 0 Å². The van der Waals surface area contributed by atoms with Crippen LogP contribution in [-0.4, -0.2) is 49.6 Å². The summed E-state index contributed by atoms with van der Waals surface area (Å²) in [7, 11) is 1.52. The number of pyridine rings is 1. The summed E-state index contributed by atoms with van der Waals surface area (Å²) >= 11 is 0. The first-order valence-corrected chi connectivity index (χ1v) is 9.51. The van der Waals surface area contributed by atoms with Gasteiger partial charge in [-0.15, -0.1) is 0 Å². The fraction of sp³-hybridized carbons (Fsp3) is 0.318. The van der Waals surface area contributed by atoms with E-state index in [1.807, 2.05) is 0 Å². The highest BCUT2D eigenvalue weighted by Crippen LogP contribution is 2.44. The Balaban J connectivity index is 1.87. The number of halogens is 3. The molecule has 0 unspecified atom stereocenters. The fourth-order valence-electron chi connectivity index (χ4n) is 3.07. The number of ether oxygens (including phenoxy) is 2. The zero-order valence-corrected chi connectivity index (χ0v) is 17.4. The van der Waals surface area contributed by atoms with E-state index in [0.29, 0.717) is 5.56 Å². The summed E-state index contributed by atoms with van der Waals surface area (Å²) in [4.78, 5) is 20.4. The van der Waals surface area contributed by atoms with E-state index in [0.717, 1.165) is 19.1 Å². The van der Waals surface area contributed by atoms with Crippen molar-refractivity contribution in [1.82, 2.24) is 4.98 Å². The van der Waals surface area contributed by atoms with E-state index >= 15 is 0 Å². The van der Waals surface area contributed by atoms with E-state index in [9.17, 15) is 18.0 Å². The first kappa shape index (κ1) is 23.2. The largest absolute Gasteiger partial charge is 0.385 e. The molecule has 1 aromatic heterocycles. The van der Waals surface area contributed by atoms with Crippen LogP contribution in [0.25, 0.3) is 0 Å². The monoisotopic (exact) mass is 446 g/mol. The molecular weight excluding hydrogens is 425 g/mol. The highest BCUT2D eigenvalue weighted by Gasteiger charge is 2.54. The average molecular weight is 446 g/mol. The molecule has 1 atom stereocenters. The molecule has 0 fully saturated rings. The molecule has 0 saturated carbocycles. The molecule has 32 heavy (non-hydrogen) atoms. The molecule has 0 bridgehead atoms. The number of methoxy groups -OCH3 is 1. The van der Waals surface area contributed by atoms with E-state index in [1.165, 1.54) is 25.4 Å². The van der Waals surface area contributed by atoms with Crippen molar-refractivity contribution in [3.63, 3.8) is 0 Å². The lowest BCUT2D eigenvalue weighted by Crippen LogP contribution is -2.45. The lowest BCUT2D eigenvalue weighted by Gasteiger charge is -2.33. The van der Waals surface area contributed by atoms with E-state index in [-0.39, 0.29) is 30.4 Å². The number of carbonyl (C=O) groups is 1. The lowest BCUT2D eigenvalue weighted by atomic mass is 9.85. The van der Waals surface area contributed by atoms with Gasteiger partial charge in [0.15, 0.2) is 5.54 Å². The second kappa shape index (κ2) is 9.38. The minimum atomic E-state index is -3.54. The van der Waals surface area contributed by atoms with Crippen LogP contribution in [0.4, 0.5) is 18.9 Å². The number of aromatic nitrogens is 1. The zero-order valence-electron chi connectivity index (χ0n) is 17.4. The Hall–Kier alpha value is -3.42. The van der Waals surface area contributed by atoms with Crippen molar-refractivity contribution < 1.29 is 27.4 Å². The highest BCUT2D eigenvalue weighted by atomic mass is 19.3. The van der Waals surface area contributed by atoms with Gasteiger partial charge in [0.1, 0.15) is 37.2 Å². The average Bonchev–Trinajstić information content (AvgIpc) is 2.85. The molecule has 0 radical (unpaired) electrons. The van der Waals surface area contributed by atoms with Crippen molar-refractivity contribution in [1.29, 1.82) is 0 Å². The number of hydrogen-bond donors (Lipinski definition) is 2. The van der Waals surface area contributed by atoms with Crippen LogP contribution in [0.1, 0.15) is 28.5 Å². The number of rotatable bonds is 4. The number of alkyl halides is 2. The summed E-state index contributed by atoms with van der Waals surface area (Å²) in [6.07, 6.45) is 1.41. The zero-order chi connectivity index (χ0) is 23.4. The van der Waals surface area contributed by atoms with Crippen LogP contribution in [0, 0.1) is 17.7 Å². The van der Waals surface area contributed by atoms with Gasteiger partial charge in [-0.25, -0.2) is 18.2 Å². The number of nitrogens with two attached hydrogens (primary N) is 1. The number of nitrogens with one attached hydrogen (secondary N) is 1. The Labute approximate surface area is 182 Å². The number of hydrogen-bond acceptors (Lipinski definition) is 6. The quantitative estimate of drug-likeness (QED) is 0.704. The summed E-state index contributed by atoms with van der Waals surface area (Å²) in [5, 5.41) is 2.53. The molecular formula is C22H21F3N4O3. The van der Waals surface area contributed by atoms with Crippen LogP contribution >= 0.6 is 0 Å². The maximum Gasteiger partial charge on any atom is 0.299 e. The van der Waals surface area contributed by atoms with Crippen molar-refractivity contribution in [3.8, 4) is 11.8 Å². The predicted octanol–water partition coefficient (Wildman–Crippen LogP) is 2.71. The number of benzene rings is 1. The third-order valence-corrected chi connectivity index (χ3v) is 4.81. The van der Waals surface area contributed by atoms with Gasteiger partial charge in [0.05, 0.1) is 0 Å². The van der Waals surface area contributed by atoms with E-state index in [4.69, 9.17) is 15.2 Å². The number of carbonyl (C=O) groups excluding carboxylic acids is 1. The number of amidine groups is 1. The Morgan fingerprint density at radius 3 is 2.81 bits per heavy atom. The minimum absolute atomic E-state index is 0.0647. The van der Waals surface area contributed by atoms with Crippen molar-refractivity contribution in [3.05, 3.63) is 59.2 Å². The Morgan fingerprint density at radius 1 is 1.34 bits per heavy atom. The molecule has 1 aliphatic rings. The van der Waals surface area contributed by atoms with Gasteiger partial charge in [0.25, 0.3) is 11.8 Å². The molecule has 7 nitrogen and oxygen atoms in total. The Bertz CT molecular complexity index is 1090. The molecule has 2 heterocycles. The Morgan fingerprint density at radius 2 is 2.12 bits per heavy atom. The lowest BCUT2D eigenvalue weighted by molar-refractivity contribution is -0.116. The summed E-state index contributed by atoms with van der Waals surface area (Å²) in [6.45, 7) is 0.0619. The Kier molecular flexibility index (Phi) is 6.81. The summed E-state index contributed by atoms with van der Waals surface area (Å²) in [5.74, 6) is 0.329. The van der Waals surface area contributed by atoms with E-state index in [2.05, 4.69) is 27.1 Å². The van der Waals surface area contributed by atoms with Crippen LogP contribution in [0.15, 0.2) is 41.5 Å². The van der Waals surface area contributed by atoms with E-state index < -0.39 is 35.4 Å².